The average Bonchev–Trinajstić information content (AvgIpc) is 2.45. The summed E-state index contributed by atoms with van der Waals surface area (Å²) in [7, 11) is 1.85. The second kappa shape index (κ2) is 1.98. The average molecular weight is 126 g/mol. The van der Waals surface area contributed by atoms with Crippen LogP contribution < -0.4 is 0 Å². The molecular formula is C8H14O. The molecule has 3 atom stereocenters. The van der Waals surface area contributed by atoms with Crippen LogP contribution in [0.4, 0.5) is 0 Å². The zero-order valence-electron chi connectivity index (χ0n) is 5.97. The van der Waals surface area contributed by atoms with Gasteiger partial charge in [0.1, 0.15) is 0 Å². The Morgan fingerprint density at radius 2 is 2.11 bits per heavy atom. The fourth-order valence-corrected chi connectivity index (χ4v) is 2.48. The first-order valence-corrected chi connectivity index (χ1v) is 3.93. The summed E-state index contributed by atoms with van der Waals surface area (Å²) in [5.74, 6) is 1.96. The molecule has 2 bridgehead atoms. The lowest BCUT2D eigenvalue weighted by atomic mass is 9.98. The minimum absolute atomic E-state index is 0.628. The van der Waals surface area contributed by atoms with Crippen molar-refractivity contribution in [2.24, 2.45) is 11.8 Å². The lowest BCUT2D eigenvalue weighted by Gasteiger charge is -2.19. The lowest BCUT2D eigenvalue weighted by Crippen LogP contribution is -2.18. The first kappa shape index (κ1) is 5.72. The van der Waals surface area contributed by atoms with E-state index in [-0.39, 0.29) is 0 Å². The summed E-state index contributed by atoms with van der Waals surface area (Å²) in [5, 5.41) is 0. The molecule has 2 aliphatic rings. The summed E-state index contributed by atoms with van der Waals surface area (Å²) in [4.78, 5) is 0. The molecule has 0 unspecified atom stereocenters. The fourth-order valence-electron chi connectivity index (χ4n) is 2.48. The molecule has 1 heteroatoms. The first-order valence-electron chi connectivity index (χ1n) is 3.93. The van der Waals surface area contributed by atoms with Gasteiger partial charge in [-0.15, -0.1) is 0 Å². The van der Waals surface area contributed by atoms with Crippen molar-refractivity contribution in [2.75, 3.05) is 7.11 Å². The van der Waals surface area contributed by atoms with Gasteiger partial charge in [-0.05, 0) is 37.5 Å². The number of methoxy groups -OCH3 is 1. The molecule has 1 nitrogen and oxygen atoms in total. The van der Waals surface area contributed by atoms with Crippen LogP contribution in [0.15, 0.2) is 0 Å². The van der Waals surface area contributed by atoms with Crippen molar-refractivity contribution in [3.8, 4) is 0 Å². The van der Waals surface area contributed by atoms with Crippen LogP contribution in [0.5, 0.6) is 0 Å². The minimum Gasteiger partial charge on any atom is -0.381 e. The smallest absolute Gasteiger partial charge is 0.0602 e. The lowest BCUT2D eigenvalue weighted by molar-refractivity contribution is 0.0572. The van der Waals surface area contributed by atoms with Crippen LogP contribution in [0.1, 0.15) is 25.7 Å². The molecule has 0 aromatic carbocycles. The van der Waals surface area contributed by atoms with Crippen molar-refractivity contribution in [2.45, 2.75) is 31.8 Å². The zero-order valence-corrected chi connectivity index (χ0v) is 5.97. The Kier molecular flexibility index (Phi) is 1.26. The number of hydrogen-bond donors (Lipinski definition) is 0. The second-order valence-corrected chi connectivity index (χ2v) is 3.45. The summed E-state index contributed by atoms with van der Waals surface area (Å²) in [6.45, 7) is 0. The summed E-state index contributed by atoms with van der Waals surface area (Å²) in [5.41, 5.74) is 0. The standard InChI is InChI=1S/C8H14O/c1-9-8-5-6-2-3-7(8)4-6/h6-8H,2-5H2,1H3/t6-,7-,8-/m1/s1. The van der Waals surface area contributed by atoms with Gasteiger partial charge in [0.25, 0.3) is 0 Å². The fraction of sp³-hybridized carbons (Fsp3) is 1.00. The molecule has 0 aromatic rings. The molecule has 2 saturated carbocycles. The van der Waals surface area contributed by atoms with Crippen molar-refractivity contribution in [1.29, 1.82) is 0 Å². The number of ether oxygens (including phenoxy) is 1. The topological polar surface area (TPSA) is 9.23 Å². The van der Waals surface area contributed by atoms with Crippen LogP contribution >= 0.6 is 0 Å². The highest BCUT2D eigenvalue weighted by Crippen LogP contribution is 2.45. The maximum absolute atomic E-state index is 5.35. The molecule has 0 heterocycles. The molecule has 0 aliphatic heterocycles. The van der Waals surface area contributed by atoms with E-state index in [1.807, 2.05) is 7.11 Å². The van der Waals surface area contributed by atoms with Gasteiger partial charge in [0, 0.05) is 7.11 Å². The van der Waals surface area contributed by atoms with E-state index >= 15 is 0 Å². The predicted molar refractivity (Wildman–Crippen MR) is 36.2 cm³/mol. The largest absolute Gasteiger partial charge is 0.381 e. The Labute approximate surface area is 56.4 Å². The third-order valence-corrected chi connectivity index (χ3v) is 2.98. The molecule has 2 rings (SSSR count). The summed E-state index contributed by atoms with van der Waals surface area (Å²) in [6.07, 6.45) is 6.34. The van der Waals surface area contributed by atoms with E-state index in [0.29, 0.717) is 6.10 Å². The molecule has 0 saturated heterocycles. The molecule has 2 aliphatic carbocycles. The zero-order chi connectivity index (χ0) is 6.27. The molecule has 52 valence electrons. The maximum atomic E-state index is 5.35. The number of fused-ring (bicyclic) bond motifs is 2. The van der Waals surface area contributed by atoms with E-state index in [1.165, 1.54) is 25.7 Å². The van der Waals surface area contributed by atoms with Crippen molar-refractivity contribution < 1.29 is 4.74 Å². The summed E-state index contributed by atoms with van der Waals surface area (Å²) >= 11 is 0. The highest BCUT2D eigenvalue weighted by Gasteiger charge is 2.39. The Hall–Kier alpha value is -0.0400. The Morgan fingerprint density at radius 3 is 2.44 bits per heavy atom. The molecule has 0 spiro atoms. The van der Waals surface area contributed by atoms with Crippen LogP contribution in [0, 0.1) is 11.8 Å². The van der Waals surface area contributed by atoms with Crippen molar-refractivity contribution >= 4 is 0 Å². The molecule has 0 radical (unpaired) electrons. The number of rotatable bonds is 1. The molecule has 0 amide bonds. The summed E-state index contributed by atoms with van der Waals surface area (Å²) < 4.78 is 5.35. The quantitative estimate of drug-likeness (QED) is 0.520. The Balaban J connectivity index is 2.01. The normalized spacial score (nSPS) is 48.3. The van der Waals surface area contributed by atoms with Gasteiger partial charge < -0.3 is 4.74 Å². The molecule has 0 aromatic heterocycles. The molecule has 2 fully saturated rings. The SMILES string of the molecule is CO[C@@H]1C[C@@H]2CC[C@@H]1C2. The van der Waals surface area contributed by atoms with Gasteiger partial charge in [-0.2, -0.15) is 0 Å². The molecule has 0 N–H and O–H groups in total. The molecular weight excluding hydrogens is 112 g/mol. The van der Waals surface area contributed by atoms with Crippen molar-refractivity contribution in [3.05, 3.63) is 0 Å². The van der Waals surface area contributed by atoms with Gasteiger partial charge in [-0.3, -0.25) is 0 Å². The van der Waals surface area contributed by atoms with E-state index in [9.17, 15) is 0 Å². The maximum Gasteiger partial charge on any atom is 0.0602 e. The van der Waals surface area contributed by atoms with Gasteiger partial charge in [0.15, 0.2) is 0 Å². The van der Waals surface area contributed by atoms with E-state index in [0.717, 1.165) is 11.8 Å². The third-order valence-electron chi connectivity index (χ3n) is 2.98. The third kappa shape index (κ3) is 0.787. The monoisotopic (exact) mass is 126 g/mol. The van der Waals surface area contributed by atoms with Gasteiger partial charge in [0.2, 0.25) is 0 Å². The van der Waals surface area contributed by atoms with Crippen LogP contribution in [0.25, 0.3) is 0 Å². The van der Waals surface area contributed by atoms with Crippen LogP contribution in [-0.4, -0.2) is 13.2 Å². The van der Waals surface area contributed by atoms with Gasteiger partial charge >= 0.3 is 0 Å². The highest BCUT2D eigenvalue weighted by molar-refractivity contribution is 4.90. The van der Waals surface area contributed by atoms with E-state index < -0.39 is 0 Å². The van der Waals surface area contributed by atoms with E-state index in [1.54, 1.807) is 0 Å². The Morgan fingerprint density at radius 1 is 1.22 bits per heavy atom. The minimum atomic E-state index is 0.628. The van der Waals surface area contributed by atoms with Crippen LogP contribution in [0.2, 0.25) is 0 Å². The predicted octanol–water partition coefficient (Wildman–Crippen LogP) is 1.82. The van der Waals surface area contributed by atoms with E-state index in [2.05, 4.69) is 0 Å². The van der Waals surface area contributed by atoms with Crippen LogP contribution in [-0.2, 0) is 4.74 Å². The van der Waals surface area contributed by atoms with Gasteiger partial charge in [-0.25, -0.2) is 0 Å². The Bertz CT molecular complexity index is 111. The van der Waals surface area contributed by atoms with Crippen molar-refractivity contribution in [1.82, 2.24) is 0 Å². The second-order valence-electron chi connectivity index (χ2n) is 3.45. The highest BCUT2D eigenvalue weighted by atomic mass is 16.5. The van der Waals surface area contributed by atoms with Crippen LogP contribution in [0.3, 0.4) is 0 Å². The van der Waals surface area contributed by atoms with Gasteiger partial charge in [0.05, 0.1) is 6.10 Å². The summed E-state index contributed by atoms with van der Waals surface area (Å²) in [6, 6.07) is 0. The van der Waals surface area contributed by atoms with E-state index in [4.69, 9.17) is 4.74 Å². The molecule has 9 heavy (non-hydrogen) atoms. The number of hydrogen-bond acceptors (Lipinski definition) is 1. The van der Waals surface area contributed by atoms with Crippen molar-refractivity contribution in [3.63, 3.8) is 0 Å². The van der Waals surface area contributed by atoms with Gasteiger partial charge in [-0.1, -0.05) is 0 Å². The first-order chi connectivity index (χ1) is 4.40.